The second kappa shape index (κ2) is 5.08. The van der Waals surface area contributed by atoms with Crippen molar-refractivity contribution in [1.82, 2.24) is 0 Å². The lowest BCUT2D eigenvalue weighted by molar-refractivity contribution is -0.116. The molecule has 0 radical (unpaired) electrons. The molecule has 1 rings (SSSR count). The van der Waals surface area contributed by atoms with Crippen molar-refractivity contribution < 1.29 is 4.79 Å². The number of carbonyl (C=O) groups is 1. The van der Waals surface area contributed by atoms with Gasteiger partial charge in [0.15, 0.2) is 5.78 Å². The molecule has 0 amide bonds. The fraction of sp³-hybridized carbons (Fsp3) is 0.222. The van der Waals surface area contributed by atoms with Gasteiger partial charge in [0.05, 0.1) is 5.69 Å². The zero-order chi connectivity index (χ0) is 10.6. The number of carbonyl (C=O) groups excluding carboxylic acids is 1. The molecule has 74 valence electrons. The van der Waals surface area contributed by atoms with E-state index in [0.717, 1.165) is 0 Å². The van der Waals surface area contributed by atoms with Crippen LogP contribution in [0.3, 0.4) is 0 Å². The lowest BCUT2D eigenvalue weighted by Crippen LogP contribution is -2.04. The molecule has 0 spiro atoms. The second-order valence-electron chi connectivity index (χ2n) is 2.64. The van der Waals surface area contributed by atoms with Crippen molar-refractivity contribution in [2.75, 3.05) is 0 Å². The van der Waals surface area contributed by atoms with Crippen molar-refractivity contribution in [1.29, 1.82) is 0 Å². The second-order valence-corrected chi connectivity index (χ2v) is 3.49. The summed E-state index contributed by atoms with van der Waals surface area (Å²) in [5, 5.41) is 8.03. The number of ketones is 1. The Hall–Kier alpha value is -0.930. The Kier molecular flexibility index (Phi) is 4.04. The number of hydrogen-bond donors (Lipinski definition) is 0. The molecule has 0 saturated heterocycles. The predicted octanol–water partition coefficient (Wildman–Crippen LogP) is 3.58. The smallest absolute Gasteiger partial charge is 0.202 e. The third-order valence-electron chi connectivity index (χ3n) is 1.44. The Bertz CT molecular complexity index is 348. The lowest BCUT2D eigenvalue weighted by Gasteiger charge is -1.96. The highest BCUT2D eigenvalue weighted by atomic mass is 35.5. The Labute approximate surface area is 91.7 Å². The minimum atomic E-state index is -0.911. The maximum Gasteiger partial charge on any atom is 0.202 e. The zero-order valence-corrected chi connectivity index (χ0v) is 8.96. The highest BCUT2D eigenvalue weighted by molar-refractivity contribution is 6.30. The minimum Gasteiger partial charge on any atom is -0.296 e. The molecule has 0 saturated carbocycles. The number of Topliss-reactive ketones (excluding diaryl/α,β-unsaturated/α-hetero) is 1. The molecule has 1 aromatic rings. The van der Waals surface area contributed by atoms with Crippen LogP contribution < -0.4 is 0 Å². The van der Waals surface area contributed by atoms with Crippen molar-refractivity contribution >= 4 is 34.7 Å². The third kappa shape index (κ3) is 3.44. The summed E-state index contributed by atoms with van der Waals surface area (Å²) in [6, 6.07) is 6.75. The van der Waals surface area contributed by atoms with Crippen LogP contribution in [-0.4, -0.2) is 11.3 Å². The van der Waals surface area contributed by atoms with E-state index in [9.17, 15) is 4.79 Å². The largest absolute Gasteiger partial charge is 0.296 e. The van der Waals surface area contributed by atoms with Crippen LogP contribution in [0, 0.1) is 0 Å². The van der Waals surface area contributed by atoms with Crippen molar-refractivity contribution in [2.45, 2.75) is 12.4 Å². The van der Waals surface area contributed by atoms with Gasteiger partial charge in [0, 0.05) is 5.02 Å². The first-order valence-electron chi connectivity index (χ1n) is 3.90. The summed E-state index contributed by atoms with van der Waals surface area (Å²) >= 11 is 11.2. The number of halogens is 2. The van der Waals surface area contributed by atoms with Crippen molar-refractivity contribution in [2.24, 2.45) is 10.2 Å². The van der Waals surface area contributed by atoms with E-state index < -0.39 is 5.50 Å². The molecule has 1 aromatic carbocycles. The van der Waals surface area contributed by atoms with Crippen LogP contribution in [0.1, 0.15) is 6.92 Å². The van der Waals surface area contributed by atoms with Crippen LogP contribution in [0.2, 0.25) is 5.02 Å². The molecule has 0 heterocycles. The van der Waals surface area contributed by atoms with Crippen LogP contribution in [0.4, 0.5) is 5.69 Å². The van der Waals surface area contributed by atoms with E-state index in [1.807, 2.05) is 0 Å². The van der Waals surface area contributed by atoms with Crippen LogP contribution in [-0.2, 0) is 4.79 Å². The maximum absolute atomic E-state index is 10.7. The molecular formula is C9H8Cl2N2O. The summed E-state index contributed by atoms with van der Waals surface area (Å²) in [6.07, 6.45) is 0. The van der Waals surface area contributed by atoms with Gasteiger partial charge in [0.1, 0.15) is 0 Å². The topological polar surface area (TPSA) is 41.8 Å². The van der Waals surface area contributed by atoms with E-state index in [-0.39, 0.29) is 5.78 Å². The summed E-state index contributed by atoms with van der Waals surface area (Å²) < 4.78 is 0. The van der Waals surface area contributed by atoms with E-state index in [0.29, 0.717) is 10.7 Å². The fourth-order valence-electron chi connectivity index (χ4n) is 0.706. The van der Waals surface area contributed by atoms with Gasteiger partial charge < -0.3 is 0 Å². The predicted molar refractivity (Wildman–Crippen MR) is 56.3 cm³/mol. The van der Waals surface area contributed by atoms with Gasteiger partial charge >= 0.3 is 0 Å². The summed E-state index contributed by atoms with van der Waals surface area (Å²) in [5.74, 6) is -0.232. The van der Waals surface area contributed by atoms with Gasteiger partial charge in [-0.1, -0.05) is 23.2 Å². The van der Waals surface area contributed by atoms with Crippen LogP contribution >= 0.6 is 23.2 Å². The summed E-state index contributed by atoms with van der Waals surface area (Å²) in [5.41, 5.74) is -0.299. The van der Waals surface area contributed by atoms with E-state index in [1.165, 1.54) is 6.92 Å². The van der Waals surface area contributed by atoms with Gasteiger partial charge in [0.2, 0.25) is 5.50 Å². The van der Waals surface area contributed by atoms with E-state index in [1.54, 1.807) is 24.3 Å². The maximum atomic E-state index is 10.7. The number of hydrogen-bond acceptors (Lipinski definition) is 3. The first kappa shape index (κ1) is 11.1. The lowest BCUT2D eigenvalue weighted by atomic mass is 10.3. The normalized spacial score (nSPS) is 13.1. The Balaban J connectivity index is 2.69. The number of azo groups is 1. The van der Waals surface area contributed by atoms with Crippen molar-refractivity contribution in [3.05, 3.63) is 29.3 Å². The summed E-state index contributed by atoms with van der Waals surface area (Å²) in [4.78, 5) is 10.7. The van der Waals surface area contributed by atoms with Gasteiger partial charge in [-0.3, -0.25) is 4.79 Å². The van der Waals surface area contributed by atoms with Gasteiger partial charge in [-0.15, -0.1) is 0 Å². The molecule has 0 fully saturated rings. The monoisotopic (exact) mass is 230 g/mol. The molecular weight excluding hydrogens is 223 g/mol. The Morgan fingerprint density at radius 2 is 1.93 bits per heavy atom. The molecule has 1 unspecified atom stereocenters. The summed E-state index contributed by atoms with van der Waals surface area (Å²) in [7, 11) is 0. The molecule has 0 N–H and O–H groups in total. The van der Waals surface area contributed by atoms with Gasteiger partial charge in [-0.25, -0.2) is 0 Å². The SMILES string of the molecule is CC(=O)C(Cl)N=Nc1ccc(Cl)cc1. The molecule has 3 nitrogen and oxygen atoms in total. The zero-order valence-electron chi connectivity index (χ0n) is 7.45. The Morgan fingerprint density at radius 1 is 1.36 bits per heavy atom. The minimum absolute atomic E-state index is 0.232. The van der Waals surface area contributed by atoms with E-state index >= 15 is 0 Å². The number of nitrogens with zero attached hydrogens (tertiary/aromatic N) is 2. The quantitative estimate of drug-likeness (QED) is 0.445. The van der Waals surface area contributed by atoms with Crippen molar-refractivity contribution in [3.8, 4) is 0 Å². The van der Waals surface area contributed by atoms with Gasteiger partial charge in [-0.2, -0.15) is 10.2 Å². The molecule has 0 aliphatic rings. The van der Waals surface area contributed by atoms with Crippen LogP contribution in [0.15, 0.2) is 34.5 Å². The average Bonchev–Trinajstić information content (AvgIpc) is 2.16. The average molecular weight is 231 g/mol. The Morgan fingerprint density at radius 3 is 2.43 bits per heavy atom. The van der Waals surface area contributed by atoms with E-state index in [2.05, 4.69) is 10.2 Å². The molecule has 14 heavy (non-hydrogen) atoms. The molecule has 0 bridgehead atoms. The highest BCUT2D eigenvalue weighted by Gasteiger charge is 2.06. The number of benzene rings is 1. The number of alkyl halides is 1. The van der Waals surface area contributed by atoms with Gasteiger partial charge in [0.25, 0.3) is 0 Å². The van der Waals surface area contributed by atoms with Crippen LogP contribution in [0.5, 0.6) is 0 Å². The fourth-order valence-corrected chi connectivity index (χ4v) is 0.876. The van der Waals surface area contributed by atoms with Gasteiger partial charge in [-0.05, 0) is 31.2 Å². The first-order chi connectivity index (χ1) is 6.59. The number of rotatable bonds is 3. The molecule has 1 atom stereocenters. The van der Waals surface area contributed by atoms with Crippen molar-refractivity contribution in [3.63, 3.8) is 0 Å². The first-order valence-corrected chi connectivity index (χ1v) is 4.72. The van der Waals surface area contributed by atoms with Crippen LogP contribution in [0.25, 0.3) is 0 Å². The molecule has 5 heteroatoms. The standard InChI is InChI=1S/C9H8Cl2N2O/c1-6(14)9(11)13-12-8-4-2-7(10)3-5-8/h2-5,9H,1H3. The molecule has 0 aliphatic heterocycles. The third-order valence-corrected chi connectivity index (χ3v) is 2.08. The molecule has 0 aromatic heterocycles. The molecule has 0 aliphatic carbocycles. The summed E-state index contributed by atoms with van der Waals surface area (Å²) in [6.45, 7) is 1.36. The van der Waals surface area contributed by atoms with E-state index in [4.69, 9.17) is 23.2 Å². The highest BCUT2D eigenvalue weighted by Crippen LogP contribution is 2.17.